The molecule has 0 aliphatic heterocycles. The molecule has 0 bridgehead atoms. The standard InChI is InChI=1S/C23H22N2O3/c1-4-27-22(26)21(28-23-24-16(2)15-17(3)25-23)20(18-11-7-5-8-12-18)19-13-9-6-10-14-19/h5-15H,4H2,1-3H3. The van der Waals surface area contributed by atoms with Gasteiger partial charge in [0, 0.05) is 17.0 Å². The summed E-state index contributed by atoms with van der Waals surface area (Å²) in [6, 6.07) is 21.1. The van der Waals surface area contributed by atoms with Crippen LogP contribution in [-0.4, -0.2) is 22.5 Å². The molecule has 3 rings (SSSR count). The quantitative estimate of drug-likeness (QED) is 0.361. The number of carbonyl (C=O) groups is 1. The van der Waals surface area contributed by atoms with Crippen LogP contribution in [0.4, 0.5) is 0 Å². The number of esters is 1. The predicted molar refractivity (Wildman–Crippen MR) is 108 cm³/mol. The summed E-state index contributed by atoms with van der Waals surface area (Å²) in [5.74, 6) is -0.503. The fourth-order valence-electron chi connectivity index (χ4n) is 2.86. The lowest BCUT2D eigenvalue weighted by Gasteiger charge is -2.15. The van der Waals surface area contributed by atoms with Gasteiger partial charge in [-0.2, -0.15) is 0 Å². The topological polar surface area (TPSA) is 61.3 Å². The molecule has 0 spiro atoms. The number of hydrogen-bond acceptors (Lipinski definition) is 5. The minimum absolute atomic E-state index is 0.0595. The first-order valence-corrected chi connectivity index (χ1v) is 9.11. The van der Waals surface area contributed by atoms with Gasteiger partial charge >= 0.3 is 12.0 Å². The maximum Gasteiger partial charge on any atom is 0.375 e. The van der Waals surface area contributed by atoms with Crippen LogP contribution in [0.15, 0.2) is 72.5 Å². The molecule has 0 saturated heterocycles. The van der Waals surface area contributed by atoms with Crippen molar-refractivity contribution in [3.8, 4) is 6.01 Å². The number of nitrogens with zero attached hydrogens (tertiary/aromatic N) is 2. The van der Waals surface area contributed by atoms with Crippen LogP contribution < -0.4 is 4.74 Å². The fraction of sp³-hybridized carbons (Fsp3) is 0.174. The van der Waals surface area contributed by atoms with Crippen LogP contribution in [0.25, 0.3) is 5.57 Å². The van der Waals surface area contributed by atoms with E-state index in [0.29, 0.717) is 5.57 Å². The smallest absolute Gasteiger partial charge is 0.375 e. The lowest BCUT2D eigenvalue weighted by Crippen LogP contribution is -2.17. The highest BCUT2D eigenvalue weighted by atomic mass is 16.6. The zero-order chi connectivity index (χ0) is 19.9. The Kier molecular flexibility index (Phi) is 6.17. The average molecular weight is 374 g/mol. The summed E-state index contributed by atoms with van der Waals surface area (Å²) in [5, 5.41) is 0. The molecule has 0 fully saturated rings. The molecule has 5 heteroatoms. The minimum Gasteiger partial charge on any atom is -0.460 e. The number of rotatable bonds is 6. The zero-order valence-electron chi connectivity index (χ0n) is 16.2. The van der Waals surface area contributed by atoms with E-state index in [0.717, 1.165) is 22.5 Å². The minimum atomic E-state index is -0.562. The molecule has 3 aromatic rings. The van der Waals surface area contributed by atoms with Gasteiger partial charge in [-0.3, -0.25) is 0 Å². The molecule has 0 amide bonds. The Hall–Kier alpha value is -3.47. The van der Waals surface area contributed by atoms with E-state index in [4.69, 9.17) is 9.47 Å². The molecule has 0 aliphatic carbocycles. The maximum absolute atomic E-state index is 12.8. The predicted octanol–water partition coefficient (Wildman–Crippen LogP) is 4.49. The van der Waals surface area contributed by atoms with Gasteiger partial charge in [0.2, 0.25) is 5.76 Å². The van der Waals surface area contributed by atoms with Crippen molar-refractivity contribution in [1.82, 2.24) is 9.97 Å². The normalized spacial score (nSPS) is 10.2. The molecular formula is C23H22N2O3. The Morgan fingerprint density at radius 2 is 1.36 bits per heavy atom. The van der Waals surface area contributed by atoms with Gasteiger partial charge in [0.1, 0.15) is 0 Å². The first kappa shape index (κ1) is 19.3. The summed E-state index contributed by atoms with van der Waals surface area (Å²) >= 11 is 0. The highest BCUT2D eigenvalue weighted by Gasteiger charge is 2.23. The third-order valence-corrected chi connectivity index (χ3v) is 3.97. The van der Waals surface area contributed by atoms with Crippen LogP contribution in [-0.2, 0) is 9.53 Å². The molecule has 5 nitrogen and oxygen atoms in total. The van der Waals surface area contributed by atoms with Gasteiger partial charge in [-0.1, -0.05) is 60.7 Å². The number of ether oxygens (including phenoxy) is 2. The van der Waals surface area contributed by atoms with Gasteiger partial charge in [-0.25, -0.2) is 14.8 Å². The Labute approximate surface area is 164 Å². The van der Waals surface area contributed by atoms with Crippen molar-refractivity contribution in [1.29, 1.82) is 0 Å². The second kappa shape index (κ2) is 8.95. The molecular weight excluding hydrogens is 352 g/mol. The van der Waals surface area contributed by atoms with E-state index in [1.165, 1.54) is 0 Å². The maximum atomic E-state index is 12.8. The zero-order valence-corrected chi connectivity index (χ0v) is 16.2. The molecule has 1 heterocycles. The summed E-state index contributed by atoms with van der Waals surface area (Å²) in [7, 11) is 0. The van der Waals surface area contributed by atoms with Crippen molar-refractivity contribution < 1.29 is 14.3 Å². The second-order valence-electron chi connectivity index (χ2n) is 6.19. The first-order valence-electron chi connectivity index (χ1n) is 9.11. The molecule has 0 radical (unpaired) electrons. The van der Waals surface area contributed by atoms with Crippen LogP contribution in [0.3, 0.4) is 0 Å². The van der Waals surface area contributed by atoms with Crippen LogP contribution in [0.5, 0.6) is 6.01 Å². The number of hydrogen-bond donors (Lipinski definition) is 0. The Morgan fingerprint density at radius 3 is 1.82 bits per heavy atom. The van der Waals surface area contributed by atoms with Crippen LogP contribution in [0.1, 0.15) is 29.4 Å². The fourth-order valence-corrected chi connectivity index (χ4v) is 2.86. The number of aryl methyl sites for hydroxylation is 2. The highest BCUT2D eigenvalue weighted by molar-refractivity contribution is 6.00. The van der Waals surface area contributed by atoms with E-state index in [1.807, 2.05) is 80.6 Å². The third-order valence-electron chi connectivity index (χ3n) is 3.97. The van der Waals surface area contributed by atoms with E-state index in [2.05, 4.69) is 9.97 Å². The van der Waals surface area contributed by atoms with Crippen molar-refractivity contribution in [3.05, 3.63) is 95.0 Å². The third kappa shape index (κ3) is 4.62. The van der Waals surface area contributed by atoms with Gasteiger partial charge in [0.05, 0.1) is 6.61 Å². The largest absolute Gasteiger partial charge is 0.460 e. The van der Waals surface area contributed by atoms with Crippen LogP contribution >= 0.6 is 0 Å². The van der Waals surface area contributed by atoms with E-state index in [9.17, 15) is 4.79 Å². The Morgan fingerprint density at radius 1 is 0.857 bits per heavy atom. The molecule has 28 heavy (non-hydrogen) atoms. The summed E-state index contributed by atoms with van der Waals surface area (Å²) in [5.41, 5.74) is 3.81. The Bertz CT molecular complexity index is 921. The summed E-state index contributed by atoms with van der Waals surface area (Å²) in [6.45, 7) is 5.69. The SMILES string of the molecule is CCOC(=O)C(Oc1nc(C)cc(C)n1)=C(c1ccccc1)c1ccccc1. The van der Waals surface area contributed by atoms with Gasteiger partial charge in [0.15, 0.2) is 0 Å². The molecule has 142 valence electrons. The Balaban J connectivity index is 2.22. The molecule has 0 atom stereocenters. The number of benzene rings is 2. The molecule has 2 aromatic carbocycles. The lowest BCUT2D eigenvalue weighted by atomic mass is 9.96. The second-order valence-corrected chi connectivity index (χ2v) is 6.19. The molecule has 0 unspecified atom stereocenters. The summed E-state index contributed by atoms with van der Waals surface area (Å²) in [4.78, 5) is 21.5. The van der Waals surface area contributed by atoms with Gasteiger partial charge in [0.25, 0.3) is 0 Å². The molecule has 0 aliphatic rings. The van der Waals surface area contributed by atoms with Crippen molar-refractivity contribution in [2.24, 2.45) is 0 Å². The highest BCUT2D eigenvalue weighted by Crippen LogP contribution is 2.29. The average Bonchev–Trinajstić information content (AvgIpc) is 2.68. The van der Waals surface area contributed by atoms with Crippen LogP contribution in [0, 0.1) is 13.8 Å². The van der Waals surface area contributed by atoms with Crippen molar-refractivity contribution >= 4 is 11.5 Å². The van der Waals surface area contributed by atoms with E-state index < -0.39 is 5.97 Å². The monoisotopic (exact) mass is 374 g/mol. The van der Waals surface area contributed by atoms with Gasteiger partial charge in [-0.15, -0.1) is 0 Å². The van der Waals surface area contributed by atoms with Crippen molar-refractivity contribution in [3.63, 3.8) is 0 Å². The van der Waals surface area contributed by atoms with Crippen molar-refractivity contribution in [2.75, 3.05) is 6.61 Å². The summed E-state index contributed by atoms with van der Waals surface area (Å²) in [6.07, 6.45) is 0. The number of aromatic nitrogens is 2. The first-order chi connectivity index (χ1) is 13.6. The van der Waals surface area contributed by atoms with E-state index in [-0.39, 0.29) is 18.4 Å². The van der Waals surface area contributed by atoms with E-state index >= 15 is 0 Å². The van der Waals surface area contributed by atoms with Crippen molar-refractivity contribution in [2.45, 2.75) is 20.8 Å². The molecule has 0 saturated carbocycles. The number of carbonyl (C=O) groups excluding carboxylic acids is 1. The summed E-state index contributed by atoms with van der Waals surface area (Å²) < 4.78 is 11.2. The molecule has 0 N–H and O–H groups in total. The lowest BCUT2D eigenvalue weighted by molar-refractivity contribution is -0.141. The van der Waals surface area contributed by atoms with Gasteiger partial charge < -0.3 is 9.47 Å². The van der Waals surface area contributed by atoms with Gasteiger partial charge in [-0.05, 0) is 38.0 Å². The molecule has 1 aromatic heterocycles. The van der Waals surface area contributed by atoms with Crippen LogP contribution in [0.2, 0.25) is 0 Å². The van der Waals surface area contributed by atoms with E-state index in [1.54, 1.807) is 6.92 Å².